The smallest absolute Gasteiger partial charge is 0.126 e. The van der Waals surface area contributed by atoms with Gasteiger partial charge in [-0.1, -0.05) is 41.6 Å². The maximum Gasteiger partial charge on any atom is 0.126 e. The van der Waals surface area contributed by atoms with E-state index in [0.29, 0.717) is 0 Å². The minimum absolute atomic E-state index is 0.0780. The molecule has 1 aliphatic rings. The molecule has 0 heterocycles. The van der Waals surface area contributed by atoms with Crippen LogP contribution in [0.15, 0.2) is 10.5 Å². The molecule has 2 rings (SSSR count). The van der Waals surface area contributed by atoms with Crippen LogP contribution in [0.5, 0.6) is 5.75 Å². The Bertz CT molecular complexity index is 453. The SMILES string of the molecule is COc1c(C)cc(Br)c(C)c1C(N)CC1CCCC1. The van der Waals surface area contributed by atoms with Crippen LogP contribution in [0, 0.1) is 19.8 Å². The zero-order chi connectivity index (χ0) is 14.0. The number of nitrogens with two attached hydrogens (primary N) is 1. The summed E-state index contributed by atoms with van der Waals surface area (Å²) in [5.41, 5.74) is 10.0. The van der Waals surface area contributed by atoms with E-state index < -0.39 is 0 Å². The maximum absolute atomic E-state index is 6.49. The highest BCUT2D eigenvalue weighted by Crippen LogP contribution is 2.39. The lowest BCUT2D eigenvalue weighted by molar-refractivity contribution is 0.389. The molecule has 0 bridgehead atoms. The Morgan fingerprint density at radius 3 is 2.58 bits per heavy atom. The van der Waals surface area contributed by atoms with Gasteiger partial charge in [0, 0.05) is 16.1 Å². The summed E-state index contributed by atoms with van der Waals surface area (Å²) in [4.78, 5) is 0. The molecule has 0 saturated heterocycles. The van der Waals surface area contributed by atoms with Crippen molar-refractivity contribution >= 4 is 15.9 Å². The zero-order valence-electron chi connectivity index (χ0n) is 12.1. The second kappa shape index (κ2) is 6.27. The van der Waals surface area contributed by atoms with Gasteiger partial charge >= 0.3 is 0 Å². The Balaban J connectivity index is 2.30. The lowest BCUT2D eigenvalue weighted by Gasteiger charge is -2.23. The van der Waals surface area contributed by atoms with E-state index in [9.17, 15) is 0 Å². The van der Waals surface area contributed by atoms with Crippen LogP contribution in [0.1, 0.15) is 54.8 Å². The van der Waals surface area contributed by atoms with Crippen molar-refractivity contribution in [2.75, 3.05) is 7.11 Å². The standard InChI is InChI=1S/C16H24BrNO/c1-10-8-13(17)11(2)15(16(10)19-3)14(18)9-12-6-4-5-7-12/h8,12,14H,4-7,9,18H2,1-3H3. The maximum atomic E-state index is 6.49. The van der Waals surface area contributed by atoms with E-state index in [4.69, 9.17) is 10.5 Å². The molecule has 106 valence electrons. The van der Waals surface area contributed by atoms with Gasteiger partial charge in [-0.05, 0) is 43.4 Å². The summed E-state index contributed by atoms with van der Waals surface area (Å²) in [6.45, 7) is 4.20. The first kappa shape index (κ1) is 14.9. The Kier molecular flexibility index (Phi) is 4.91. The predicted molar refractivity (Wildman–Crippen MR) is 83.7 cm³/mol. The van der Waals surface area contributed by atoms with Crippen molar-refractivity contribution < 1.29 is 4.74 Å². The highest BCUT2D eigenvalue weighted by atomic mass is 79.9. The Morgan fingerprint density at radius 1 is 1.37 bits per heavy atom. The molecule has 19 heavy (non-hydrogen) atoms. The van der Waals surface area contributed by atoms with Crippen LogP contribution in [0.2, 0.25) is 0 Å². The fourth-order valence-electron chi connectivity index (χ4n) is 3.32. The van der Waals surface area contributed by atoms with E-state index in [-0.39, 0.29) is 6.04 Å². The zero-order valence-corrected chi connectivity index (χ0v) is 13.7. The van der Waals surface area contributed by atoms with Crippen molar-refractivity contribution in [2.45, 2.75) is 52.0 Å². The number of methoxy groups -OCH3 is 1. The molecule has 2 N–H and O–H groups in total. The highest BCUT2D eigenvalue weighted by Gasteiger charge is 2.24. The highest BCUT2D eigenvalue weighted by molar-refractivity contribution is 9.10. The third-order valence-corrected chi connectivity index (χ3v) is 5.17. The average Bonchev–Trinajstić information content (AvgIpc) is 2.85. The topological polar surface area (TPSA) is 35.2 Å². The van der Waals surface area contributed by atoms with Crippen molar-refractivity contribution in [3.63, 3.8) is 0 Å². The third kappa shape index (κ3) is 3.14. The van der Waals surface area contributed by atoms with E-state index in [1.807, 2.05) is 0 Å². The van der Waals surface area contributed by atoms with Crippen molar-refractivity contribution in [3.05, 3.63) is 27.2 Å². The van der Waals surface area contributed by atoms with Gasteiger partial charge in [-0.3, -0.25) is 0 Å². The molecule has 0 spiro atoms. The Morgan fingerprint density at radius 2 is 2.00 bits per heavy atom. The van der Waals surface area contributed by atoms with Crippen LogP contribution in [-0.4, -0.2) is 7.11 Å². The van der Waals surface area contributed by atoms with Crippen LogP contribution >= 0.6 is 15.9 Å². The summed E-state index contributed by atoms with van der Waals surface area (Å²) in [5.74, 6) is 1.75. The van der Waals surface area contributed by atoms with Crippen LogP contribution in [-0.2, 0) is 0 Å². The molecular weight excluding hydrogens is 302 g/mol. The van der Waals surface area contributed by atoms with Gasteiger partial charge in [0.05, 0.1) is 7.11 Å². The van der Waals surface area contributed by atoms with Crippen LogP contribution in [0.25, 0.3) is 0 Å². The second-order valence-corrected chi connectivity index (χ2v) is 6.59. The average molecular weight is 326 g/mol. The number of benzene rings is 1. The number of aryl methyl sites for hydroxylation is 1. The van der Waals surface area contributed by atoms with Gasteiger partial charge in [-0.25, -0.2) is 0 Å². The number of rotatable bonds is 4. The fraction of sp³-hybridized carbons (Fsp3) is 0.625. The normalized spacial score (nSPS) is 17.7. The first-order valence-electron chi connectivity index (χ1n) is 7.13. The van der Waals surface area contributed by atoms with Gasteiger partial charge in [0.25, 0.3) is 0 Å². The summed E-state index contributed by atoms with van der Waals surface area (Å²) >= 11 is 3.63. The van der Waals surface area contributed by atoms with Gasteiger partial charge in [-0.2, -0.15) is 0 Å². The number of ether oxygens (including phenoxy) is 1. The van der Waals surface area contributed by atoms with Crippen molar-refractivity contribution in [2.24, 2.45) is 11.7 Å². The van der Waals surface area contributed by atoms with Crippen molar-refractivity contribution in [3.8, 4) is 5.75 Å². The quantitative estimate of drug-likeness (QED) is 0.874. The minimum atomic E-state index is 0.0780. The molecule has 0 amide bonds. The summed E-state index contributed by atoms with van der Waals surface area (Å²) in [5, 5.41) is 0. The first-order valence-corrected chi connectivity index (χ1v) is 7.93. The Hall–Kier alpha value is -0.540. The fourth-order valence-corrected chi connectivity index (χ4v) is 3.87. The molecular formula is C16H24BrNO. The van der Waals surface area contributed by atoms with E-state index in [1.165, 1.54) is 36.8 Å². The summed E-state index contributed by atoms with van der Waals surface area (Å²) in [6.07, 6.45) is 6.48. The van der Waals surface area contributed by atoms with Crippen LogP contribution in [0.4, 0.5) is 0 Å². The van der Waals surface area contributed by atoms with Gasteiger partial charge in [-0.15, -0.1) is 0 Å². The molecule has 0 aromatic heterocycles. The van der Waals surface area contributed by atoms with Gasteiger partial charge in [0.15, 0.2) is 0 Å². The summed E-state index contributed by atoms with van der Waals surface area (Å²) in [7, 11) is 1.74. The summed E-state index contributed by atoms with van der Waals surface area (Å²) in [6, 6.07) is 2.19. The minimum Gasteiger partial charge on any atom is -0.496 e. The lowest BCUT2D eigenvalue weighted by Crippen LogP contribution is -2.17. The molecule has 1 saturated carbocycles. The van der Waals surface area contributed by atoms with E-state index in [0.717, 1.165) is 28.1 Å². The first-order chi connectivity index (χ1) is 9.04. The monoisotopic (exact) mass is 325 g/mol. The molecule has 1 atom stereocenters. The van der Waals surface area contributed by atoms with Crippen LogP contribution < -0.4 is 10.5 Å². The lowest BCUT2D eigenvalue weighted by atomic mass is 9.90. The van der Waals surface area contributed by atoms with Gasteiger partial charge in [0.2, 0.25) is 0 Å². The largest absolute Gasteiger partial charge is 0.496 e. The molecule has 0 radical (unpaired) electrons. The van der Waals surface area contributed by atoms with E-state index in [2.05, 4.69) is 35.8 Å². The second-order valence-electron chi connectivity index (χ2n) is 5.74. The molecule has 1 fully saturated rings. The molecule has 1 aromatic carbocycles. The molecule has 1 unspecified atom stereocenters. The van der Waals surface area contributed by atoms with E-state index in [1.54, 1.807) is 7.11 Å². The predicted octanol–water partition coefficient (Wildman–Crippen LogP) is 4.65. The molecule has 2 nitrogen and oxygen atoms in total. The van der Waals surface area contributed by atoms with Gasteiger partial charge in [0.1, 0.15) is 5.75 Å². The Labute approximate surface area is 124 Å². The van der Waals surface area contributed by atoms with Crippen molar-refractivity contribution in [1.29, 1.82) is 0 Å². The molecule has 3 heteroatoms. The van der Waals surface area contributed by atoms with Gasteiger partial charge < -0.3 is 10.5 Å². The summed E-state index contributed by atoms with van der Waals surface area (Å²) < 4.78 is 6.72. The van der Waals surface area contributed by atoms with Crippen molar-refractivity contribution in [1.82, 2.24) is 0 Å². The molecule has 1 aliphatic carbocycles. The molecule has 1 aromatic rings. The van der Waals surface area contributed by atoms with E-state index >= 15 is 0 Å². The number of hydrogen-bond donors (Lipinski definition) is 1. The third-order valence-electron chi connectivity index (χ3n) is 4.35. The van der Waals surface area contributed by atoms with Crippen LogP contribution in [0.3, 0.4) is 0 Å². The number of halogens is 1. The molecule has 0 aliphatic heterocycles. The number of hydrogen-bond acceptors (Lipinski definition) is 2.